The van der Waals surface area contributed by atoms with Crippen LogP contribution in [0.1, 0.15) is 75.9 Å². The predicted octanol–water partition coefficient (Wildman–Crippen LogP) is 4.29. The number of pyridine rings is 1. The average Bonchev–Trinajstić information content (AvgIpc) is 3.13. The van der Waals surface area contributed by atoms with Crippen molar-refractivity contribution in [2.45, 2.75) is 65.8 Å². The lowest BCUT2D eigenvalue weighted by atomic mass is 9.69. The van der Waals surface area contributed by atoms with Gasteiger partial charge in [-0.3, -0.25) is 4.79 Å². The van der Waals surface area contributed by atoms with Crippen molar-refractivity contribution < 1.29 is 9.32 Å². The number of carbonyl (C=O) groups is 1. The molecule has 0 radical (unpaired) electrons. The fourth-order valence-corrected chi connectivity index (χ4v) is 5.05. The Hall–Kier alpha value is -1.91. The highest BCUT2D eigenvalue weighted by atomic mass is 16.5. The summed E-state index contributed by atoms with van der Waals surface area (Å²) >= 11 is 0. The molecule has 5 nitrogen and oxygen atoms in total. The highest BCUT2D eigenvalue weighted by Crippen LogP contribution is 2.65. The summed E-state index contributed by atoms with van der Waals surface area (Å²) in [5.41, 5.74) is 2.39. The third-order valence-corrected chi connectivity index (χ3v) is 7.27. The second-order valence-electron chi connectivity index (χ2n) is 8.94. The van der Waals surface area contributed by atoms with Crippen LogP contribution >= 0.6 is 0 Å². The Morgan fingerprint density at radius 1 is 1.36 bits per heavy atom. The van der Waals surface area contributed by atoms with Gasteiger partial charge in [0.25, 0.3) is 11.6 Å². The molecule has 4 rings (SSSR count). The van der Waals surface area contributed by atoms with E-state index in [1.807, 2.05) is 6.07 Å². The fourth-order valence-electron chi connectivity index (χ4n) is 5.05. The van der Waals surface area contributed by atoms with Crippen LogP contribution in [-0.2, 0) is 0 Å². The van der Waals surface area contributed by atoms with Crippen LogP contribution in [-0.4, -0.2) is 22.1 Å². The average molecular weight is 341 g/mol. The van der Waals surface area contributed by atoms with Gasteiger partial charge in [0.15, 0.2) is 0 Å². The molecule has 5 heteroatoms. The van der Waals surface area contributed by atoms with Crippen molar-refractivity contribution in [3.8, 4) is 0 Å². The summed E-state index contributed by atoms with van der Waals surface area (Å²) in [5, 5.41) is 8.22. The highest BCUT2D eigenvalue weighted by molar-refractivity contribution is 5.97. The van der Waals surface area contributed by atoms with Gasteiger partial charge in [-0.2, -0.15) is 0 Å². The Balaban J connectivity index is 1.60. The number of amides is 1. The molecule has 2 bridgehead atoms. The Morgan fingerprint density at radius 2 is 2.12 bits per heavy atom. The van der Waals surface area contributed by atoms with Crippen LogP contribution in [0.15, 0.2) is 16.8 Å². The lowest BCUT2D eigenvalue weighted by Crippen LogP contribution is -2.46. The van der Waals surface area contributed by atoms with E-state index in [1.54, 1.807) is 6.20 Å². The topological polar surface area (TPSA) is 68.0 Å². The predicted molar refractivity (Wildman–Crippen MR) is 96.4 cm³/mol. The van der Waals surface area contributed by atoms with Crippen LogP contribution in [0.25, 0.3) is 11.1 Å². The molecule has 0 aromatic carbocycles. The lowest BCUT2D eigenvalue weighted by molar-refractivity contribution is 0.0826. The molecule has 0 spiro atoms. The number of aromatic nitrogens is 2. The molecule has 2 saturated carbocycles. The molecular formula is C20H27N3O2. The van der Waals surface area contributed by atoms with E-state index in [1.165, 1.54) is 12.8 Å². The lowest BCUT2D eigenvalue weighted by Gasteiger charge is -2.39. The zero-order chi connectivity index (χ0) is 18.0. The summed E-state index contributed by atoms with van der Waals surface area (Å²) in [5.74, 6) is 0.889. The number of hydrogen-bond donors (Lipinski definition) is 1. The zero-order valence-corrected chi connectivity index (χ0v) is 15.7. The molecule has 2 aliphatic carbocycles. The maximum atomic E-state index is 12.9. The maximum Gasteiger partial charge on any atom is 0.257 e. The molecule has 0 aliphatic heterocycles. The first kappa shape index (κ1) is 16.6. The van der Waals surface area contributed by atoms with E-state index < -0.39 is 0 Å². The van der Waals surface area contributed by atoms with Crippen molar-refractivity contribution in [2.24, 2.45) is 16.7 Å². The summed E-state index contributed by atoms with van der Waals surface area (Å²) < 4.78 is 5.27. The summed E-state index contributed by atoms with van der Waals surface area (Å²) in [6.07, 6.45) is 5.14. The molecule has 3 atom stereocenters. The Labute approximate surface area is 148 Å². The zero-order valence-electron chi connectivity index (χ0n) is 15.7. The van der Waals surface area contributed by atoms with Gasteiger partial charge in [0.1, 0.15) is 0 Å². The second-order valence-corrected chi connectivity index (χ2v) is 8.94. The van der Waals surface area contributed by atoms with Gasteiger partial charge in [0.2, 0.25) is 0 Å². The quantitative estimate of drug-likeness (QED) is 0.904. The summed E-state index contributed by atoms with van der Waals surface area (Å²) in [4.78, 5) is 17.2. The first-order chi connectivity index (χ1) is 11.7. The molecule has 2 heterocycles. The van der Waals surface area contributed by atoms with Crippen LogP contribution in [0.4, 0.5) is 0 Å². The molecule has 3 unspecified atom stereocenters. The van der Waals surface area contributed by atoms with E-state index in [4.69, 9.17) is 4.52 Å². The summed E-state index contributed by atoms with van der Waals surface area (Å²) in [7, 11) is 0. The van der Waals surface area contributed by atoms with Crippen LogP contribution in [0, 0.1) is 16.7 Å². The monoisotopic (exact) mass is 341 g/mol. The van der Waals surface area contributed by atoms with Gasteiger partial charge in [-0.05, 0) is 48.0 Å². The molecule has 2 aromatic rings. The van der Waals surface area contributed by atoms with Gasteiger partial charge >= 0.3 is 0 Å². The first-order valence-corrected chi connectivity index (χ1v) is 9.30. The standard InChI is InChI=1S/C20H27N3O2/c1-11(2)16-14-8-12(10-21-18(14)25-23-16)17(24)22-15-9-13-6-7-20(15,5)19(13,3)4/h8,10-11,13,15H,6-7,9H2,1-5H3,(H,22,24). The normalized spacial score (nSPS) is 30.3. The Kier molecular flexibility index (Phi) is 3.50. The SMILES string of the molecule is CC(C)c1noc2ncc(C(=O)NC3CC4CCC3(C)C4(C)C)cc12. The van der Waals surface area contributed by atoms with E-state index in [0.717, 1.165) is 17.5 Å². The van der Waals surface area contributed by atoms with Crippen LogP contribution < -0.4 is 5.32 Å². The van der Waals surface area contributed by atoms with Crippen molar-refractivity contribution in [2.75, 3.05) is 0 Å². The molecule has 25 heavy (non-hydrogen) atoms. The molecule has 134 valence electrons. The first-order valence-electron chi connectivity index (χ1n) is 9.30. The van der Waals surface area contributed by atoms with Crippen molar-refractivity contribution in [1.29, 1.82) is 0 Å². The second kappa shape index (κ2) is 5.29. The Morgan fingerprint density at radius 3 is 2.72 bits per heavy atom. The molecule has 2 aromatic heterocycles. The van der Waals surface area contributed by atoms with Crippen molar-refractivity contribution in [3.63, 3.8) is 0 Å². The van der Waals surface area contributed by atoms with Gasteiger partial charge in [-0.1, -0.05) is 39.8 Å². The molecule has 0 saturated heterocycles. The van der Waals surface area contributed by atoms with E-state index in [-0.39, 0.29) is 28.7 Å². The molecular weight excluding hydrogens is 314 g/mol. The third kappa shape index (κ3) is 2.24. The van der Waals surface area contributed by atoms with Crippen LogP contribution in [0.3, 0.4) is 0 Å². The number of rotatable bonds is 3. The number of carbonyl (C=O) groups excluding carboxylic acids is 1. The molecule has 2 fully saturated rings. The third-order valence-electron chi connectivity index (χ3n) is 7.27. The minimum Gasteiger partial charge on any atom is -0.349 e. The van der Waals surface area contributed by atoms with Gasteiger partial charge < -0.3 is 9.84 Å². The van der Waals surface area contributed by atoms with Crippen molar-refractivity contribution in [3.05, 3.63) is 23.5 Å². The summed E-state index contributed by atoms with van der Waals surface area (Å²) in [6.45, 7) is 11.2. The van der Waals surface area contributed by atoms with Gasteiger partial charge in [0.05, 0.1) is 16.6 Å². The maximum absolute atomic E-state index is 12.9. The van der Waals surface area contributed by atoms with Crippen molar-refractivity contribution >= 4 is 17.0 Å². The minimum atomic E-state index is -0.0418. The van der Waals surface area contributed by atoms with E-state index >= 15 is 0 Å². The van der Waals surface area contributed by atoms with Crippen LogP contribution in [0.2, 0.25) is 0 Å². The van der Waals surface area contributed by atoms with Crippen molar-refractivity contribution in [1.82, 2.24) is 15.5 Å². The number of nitrogens with one attached hydrogen (secondary N) is 1. The van der Waals surface area contributed by atoms with Crippen LogP contribution in [0.5, 0.6) is 0 Å². The fraction of sp³-hybridized carbons (Fsp3) is 0.650. The van der Waals surface area contributed by atoms with E-state index in [9.17, 15) is 4.79 Å². The Bertz CT molecular complexity index is 839. The van der Waals surface area contributed by atoms with E-state index in [0.29, 0.717) is 17.2 Å². The largest absolute Gasteiger partial charge is 0.349 e. The van der Waals surface area contributed by atoms with Gasteiger partial charge in [-0.25, -0.2) is 4.98 Å². The number of hydrogen-bond acceptors (Lipinski definition) is 4. The summed E-state index contributed by atoms with van der Waals surface area (Å²) in [6, 6.07) is 2.10. The molecule has 1 amide bonds. The van der Waals surface area contributed by atoms with E-state index in [2.05, 4.69) is 50.1 Å². The molecule has 2 aliphatic rings. The number of nitrogens with zero attached hydrogens (tertiary/aromatic N) is 2. The number of fused-ring (bicyclic) bond motifs is 3. The minimum absolute atomic E-state index is 0.0418. The molecule has 1 N–H and O–H groups in total. The smallest absolute Gasteiger partial charge is 0.257 e. The van der Waals surface area contributed by atoms with Gasteiger partial charge in [-0.15, -0.1) is 0 Å². The van der Waals surface area contributed by atoms with Gasteiger partial charge in [0, 0.05) is 12.2 Å². The highest BCUT2D eigenvalue weighted by Gasteiger charge is 2.61.